The van der Waals surface area contributed by atoms with Crippen LogP contribution in [0.5, 0.6) is 11.5 Å². The van der Waals surface area contributed by atoms with Gasteiger partial charge >= 0.3 is 0 Å². The van der Waals surface area contributed by atoms with E-state index in [9.17, 15) is 0 Å². The smallest absolute Gasteiger partial charge is 0.159 e. The molecule has 2 aromatic carbocycles. The lowest BCUT2D eigenvalue weighted by atomic mass is 10.3. The van der Waals surface area contributed by atoms with Crippen molar-refractivity contribution in [3.8, 4) is 11.5 Å². The van der Waals surface area contributed by atoms with Crippen LogP contribution in [-0.2, 0) is 0 Å². The summed E-state index contributed by atoms with van der Waals surface area (Å²) in [5.41, 5.74) is 12.6. The molecule has 0 bridgehead atoms. The summed E-state index contributed by atoms with van der Waals surface area (Å²) < 4.78 is 5.73. The molecule has 3 aromatic rings. The number of aromatic nitrogens is 2. The first-order valence-corrected chi connectivity index (χ1v) is 6.68. The summed E-state index contributed by atoms with van der Waals surface area (Å²) in [5.74, 6) is 2.26. The van der Waals surface area contributed by atoms with Crippen LogP contribution in [0.4, 0.5) is 23.0 Å². The number of nitrogens with one attached hydrogen (secondary N) is 1. The third kappa shape index (κ3) is 3.06. The Labute approximate surface area is 127 Å². The first kappa shape index (κ1) is 13.7. The first-order chi connectivity index (χ1) is 10.7. The van der Waals surface area contributed by atoms with Gasteiger partial charge in [-0.15, -0.1) is 0 Å². The number of para-hydroxylation sites is 1. The number of rotatable bonds is 4. The fourth-order valence-electron chi connectivity index (χ4n) is 1.88. The average molecular weight is 293 g/mol. The van der Waals surface area contributed by atoms with Crippen molar-refractivity contribution < 1.29 is 4.74 Å². The molecule has 6 heteroatoms. The summed E-state index contributed by atoms with van der Waals surface area (Å²) >= 11 is 0. The van der Waals surface area contributed by atoms with E-state index in [1.807, 2.05) is 54.6 Å². The molecule has 22 heavy (non-hydrogen) atoms. The SMILES string of the molecule is Nc1ncnc(Nc2ccc(Oc3ccccc3)cc2)c1N. The highest BCUT2D eigenvalue weighted by Gasteiger charge is 2.05. The summed E-state index contributed by atoms with van der Waals surface area (Å²) in [6.45, 7) is 0. The van der Waals surface area contributed by atoms with E-state index < -0.39 is 0 Å². The summed E-state index contributed by atoms with van der Waals surface area (Å²) in [5, 5.41) is 3.09. The van der Waals surface area contributed by atoms with Gasteiger partial charge in [0.1, 0.15) is 23.5 Å². The molecular weight excluding hydrogens is 278 g/mol. The Balaban J connectivity index is 1.73. The van der Waals surface area contributed by atoms with E-state index in [1.165, 1.54) is 6.33 Å². The number of anilines is 4. The minimum Gasteiger partial charge on any atom is -0.457 e. The molecule has 0 spiro atoms. The van der Waals surface area contributed by atoms with Crippen LogP contribution in [0.3, 0.4) is 0 Å². The Hall–Kier alpha value is -3.28. The highest BCUT2D eigenvalue weighted by atomic mass is 16.5. The maximum Gasteiger partial charge on any atom is 0.159 e. The maximum atomic E-state index is 5.83. The van der Waals surface area contributed by atoms with Gasteiger partial charge in [0.15, 0.2) is 11.6 Å². The standard InChI is InChI=1S/C16H15N5O/c17-14-15(18)19-10-20-16(14)21-11-6-8-13(9-7-11)22-12-4-2-1-3-5-12/h1-10H,17H2,(H3,18,19,20,21). The highest BCUT2D eigenvalue weighted by molar-refractivity contribution is 5.76. The number of nitrogens with two attached hydrogens (primary N) is 2. The van der Waals surface area contributed by atoms with Gasteiger partial charge in [-0.2, -0.15) is 0 Å². The molecule has 0 saturated carbocycles. The topological polar surface area (TPSA) is 99.1 Å². The van der Waals surface area contributed by atoms with Crippen molar-refractivity contribution >= 4 is 23.0 Å². The molecule has 0 saturated heterocycles. The largest absolute Gasteiger partial charge is 0.457 e. The van der Waals surface area contributed by atoms with E-state index in [2.05, 4.69) is 15.3 Å². The van der Waals surface area contributed by atoms with Gasteiger partial charge in [0.25, 0.3) is 0 Å². The van der Waals surface area contributed by atoms with E-state index in [-0.39, 0.29) is 5.82 Å². The van der Waals surface area contributed by atoms with Crippen molar-refractivity contribution in [2.45, 2.75) is 0 Å². The molecule has 0 aliphatic rings. The molecule has 3 rings (SSSR count). The van der Waals surface area contributed by atoms with E-state index >= 15 is 0 Å². The lowest BCUT2D eigenvalue weighted by molar-refractivity contribution is 0.483. The molecule has 0 amide bonds. The van der Waals surface area contributed by atoms with Crippen LogP contribution in [0, 0.1) is 0 Å². The van der Waals surface area contributed by atoms with Gasteiger partial charge < -0.3 is 21.5 Å². The van der Waals surface area contributed by atoms with Crippen molar-refractivity contribution in [1.82, 2.24) is 9.97 Å². The lowest BCUT2D eigenvalue weighted by Gasteiger charge is -2.10. The zero-order valence-electron chi connectivity index (χ0n) is 11.7. The van der Waals surface area contributed by atoms with E-state index in [4.69, 9.17) is 16.2 Å². The van der Waals surface area contributed by atoms with Crippen molar-refractivity contribution in [2.24, 2.45) is 0 Å². The summed E-state index contributed by atoms with van der Waals surface area (Å²) in [7, 11) is 0. The van der Waals surface area contributed by atoms with Gasteiger partial charge in [-0.05, 0) is 36.4 Å². The molecule has 110 valence electrons. The zero-order chi connectivity index (χ0) is 15.4. The monoisotopic (exact) mass is 293 g/mol. The Morgan fingerprint density at radius 1 is 0.818 bits per heavy atom. The molecule has 0 aliphatic carbocycles. The van der Waals surface area contributed by atoms with Gasteiger partial charge in [-0.1, -0.05) is 18.2 Å². The summed E-state index contributed by atoms with van der Waals surface area (Å²) in [4.78, 5) is 7.89. The number of nitrogens with zero attached hydrogens (tertiary/aromatic N) is 2. The number of hydrogen-bond acceptors (Lipinski definition) is 6. The fourth-order valence-corrected chi connectivity index (χ4v) is 1.88. The van der Waals surface area contributed by atoms with Crippen LogP contribution in [-0.4, -0.2) is 9.97 Å². The van der Waals surface area contributed by atoms with Gasteiger partial charge in [0.2, 0.25) is 0 Å². The zero-order valence-corrected chi connectivity index (χ0v) is 11.7. The molecule has 0 atom stereocenters. The highest BCUT2D eigenvalue weighted by Crippen LogP contribution is 2.26. The molecular formula is C16H15N5O. The maximum absolute atomic E-state index is 5.83. The molecule has 5 N–H and O–H groups in total. The van der Waals surface area contributed by atoms with Crippen LogP contribution in [0.15, 0.2) is 60.9 Å². The van der Waals surface area contributed by atoms with E-state index in [1.54, 1.807) is 0 Å². The number of ether oxygens (including phenoxy) is 1. The molecule has 1 aromatic heterocycles. The van der Waals surface area contributed by atoms with E-state index in [0.29, 0.717) is 11.5 Å². The van der Waals surface area contributed by atoms with Crippen LogP contribution >= 0.6 is 0 Å². The predicted octanol–water partition coefficient (Wildman–Crippen LogP) is 3.18. The Kier molecular flexibility index (Phi) is 3.74. The fraction of sp³-hybridized carbons (Fsp3) is 0. The Morgan fingerprint density at radius 3 is 2.23 bits per heavy atom. The van der Waals surface area contributed by atoms with Gasteiger partial charge in [-0.25, -0.2) is 9.97 Å². The predicted molar refractivity (Wildman–Crippen MR) is 87.1 cm³/mol. The van der Waals surface area contributed by atoms with Crippen molar-refractivity contribution in [3.63, 3.8) is 0 Å². The van der Waals surface area contributed by atoms with Crippen molar-refractivity contribution in [3.05, 3.63) is 60.9 Å². The average Bonchev–Trinajstić information content (AvgIpc) is 2.55. The number of hydrogen-bond donors (Lipinski definition) is 3. The van der Waals surface area contributed by atoms with Crippen LogP contribution in [0.2, 0.25) is 0 Å². The quantitative estimate of drug-likeness (QED) is 0.683. The molecule has 1 heterocycles. The Morgan fingerprint density at radius 2 is 1.50 bits per heavy atom. The third-order valence-electron chi connectivity index (χ3n) is 3.01. The van der Waals surface area contributed by atoms with Gasteiger partial charge in [0.05, 0.1) is 0 Å². The molecule has 0 radical (unpaired) electrons. The van der Waals surface area contributed by atoms with Crippen LogP contribution in [0.25, 0.3) is 0 Å². The van der Waals surface area contributed by atoms with Gasteiger partial charge in [-0.3, -0.25) is 0 Å². The van der Waals surface area contributed by atoms with Crippen LogP contribution in [0.1, 0.15) is 0 Å². The summed E-state index contributed by atoms with van der Waals surface area (Å²) in [6.07, 6.45) is 1.36. The van der Waals surface area contributed by atoms with E-state index in [0.717, 1.165) is 17.2 Å². The van der Waals surface area contributed by atoms with Crippen molar-refractivity contribution in [2.75, 3.05) is 16.8 Å². The van der Waals surface area contributed by atoms with Crippen molar-refractivity contribution in [1.29, 1.82) is 0 Å². The number of benzene rings is 2. The second-order valence-electron chi connectivity index (χ2n) is 4.59. The second-order valence-corrected chi connectivity index (χ2v) is 4.59. The lowest BCUT2D eigenvalue weighted by Crippen LogP contribution is -2.04. The van der Waals surface area contributed by atoms with Crippen LogP contribution < -0.4 is 21.5 Å². The Bertz CT molecular complexity index is 759. The second kappa shape index (κ2) is 6.01. The summed E-state index contributed by atoms with van der Waals surface area (Å²) in [6, 6.07) is 17.0. The minimum atomic E-state index is 0.251. The minimum absolute atomic E-state index is 0.251. The third-order valence-corrected chi connectivity index (χ3v) is 3.01. The molecule has 0 unspecified atom stereocenters. The molecule has 6 nitrogen and oxygen atoms in total. The number of nitrogen functional groups attached to an aromatic ring is 2. The molecule has 0 fully saturated rings. The molecule has 0 aliphatic heterocycles. The van der Waals surface area contributed by atoms with Gasteiger partial charge in [0, 0.05) is 5.69 Å². The first-order valence-electron chi connectivity index (χ1n) is 6.68. The normalized spacial score (nSPS) is 10.2.